The van der Waals surface area contributed by atoms with E-state index in [1.807, 2.05) is 6.92 Å². The summed E-state index contributed by atoms with van der Waals surface area (Å²) in [4.78, 5) is 28.9. The lowest BCUT2D eigenvalue weighted by Gasteiger charge is -2.05. The number of nitrogens with zero attached hydrogens (tertiary/aromatic N) is 3. The topological polar surface area (TPSA) is 95.1 Å². The van der Waals surface area contributed by atoms with Gasteiger partial charge in [0.05, 0.1) is 29.5 Å². The molecule has 4 rings (SSSR count). The van der Waals surface area contributed by atoms with Crippen molar-refractivity contribution in [3.63, 3.8) is 0 Å². The highest BCUT2D eigenvalue weighted by atomic mass is 16.5. The van der Waals surface area contributed by atoms with Crippen LogP contribution in [-0.4, -0.2) is 31.6 Å². The van der Waals surface area contributed by atoms with Crippen LogP contribution in [0.1, 0.15) is 20.3 Å². The number of rotatable bonds is 5. The first-order valence-corrected chi connectivity index (χ1v) is 9.22. The van der Waals surface area contributed by atoms with Gasteiger partial charge in [0.15, 0.2) is 0 Å². The number of imidazole rings is 1. The molecule has 0 unspecified atom stereocenters. The average Bonchev–Trinajstić information content (AvgIpc) is 2.99. The number of aromatic nitrogens is 3. The summed E-state index contributed by atoms with van der Waals surface area (Å²) in [5.74, 6) is 0.449. The van der Waals surface area contributed by atoms with Gasteiger partial charge in [0.2, 0.25) is 5.88 Å². The molecular formula is C21H19N3O5. The molecule has 29 heavy (non-hydrogen) atoms. The Balaban J connectivity index is 1.86. The van der Waals surface area contributed by atoms with Gasteiger partial charge in [0, 0.05) is 12.5 Å². The van der Waals surface area contributed by atoms with Crippen molar-refractivity contribution in [2.24, 2.45) is 0 Å². The second-order valence-corrected chi connectivity index (χ2v) is 6.33. The molecule has 0 spiro atoms. The number of benzene rings is 2. The monoisotopic (exact) mass is 393 g/mol. The van der Waals surface area contributed by atoms with E-state index in [2.05, 4.69) is 4.98 Å². The molecule has 2 aromatic carbocycles. The highest BCUT2D eigenvalue weighted by Gasteiger charge is 2.18. The summed E-state index contributed by atoms with van der Waals surface area (Å²) < 4.78 is 13.2. The second kappa shape index (κ2) is 7.31. The fraction of sp³-hybridized carbons (Fsp3) is 0.190. The Morgan fingerprint density at radius 1 is 1.07 bits per heavy atom. The molecule has 0 aliphatic heterocycles. The van der Waals surface area contributed by atoms with Crippen molar-refractivity contribution in [1.29, 1.82) is 0 Å². The van der Waals surface area contributed by atoms with E-state index in [0.717, 1.165) is 0 Å². The molecule has 0 aliphatic carbocycles. The van der Waals surface area contributed by atoms with Crippen molar-refractivity contribution in [3.05, 3.63) is 59.1 Å². The van der Waals surface area contributed by atoms with Gasteiger partial charge in [-0.25, -0.2) is 9.36 Å². The summed E-state index contributed by atoms with van der Waals surface area (Å²) in [5.41, 5.74) is 1.29. The van der Waals surface area contributed by atoms with Crippen molar-refractivity contribution in [3.8, 4) is 23.1 Å². The summed E-state index contributed by atoms with van der Waals surface area (Å²) in [7, 11) is 0. The SMILES string of the molecule is CCOc1ccc(-n2c(O)c3cnc4cc(OC(=O)CC)ccc4n3c2=O)cc1. The zero-order valence-corrected chi connectivity index (χ0v) is 16.0. The van der Waals surface area contributed by atoms with E-state index >= 15 is 0 Å². The molecule has 0 radical (unpaired) electrons. The van der Waals surface area contributed by atoms with E-state index in [4.69, 9.17) is 9.47 Å². The summed E-state index contributed by atoms with van der Waals surface area (Å²) in [6.07, 6.45) is 1.66. The fourth-order valence-electron chi connectivity index (χ4n) is 3.14. The third kappa shape index (κ3) is 3.18. The third-order valence-electron chi connectivity index (χ3n) is 4.50. The van der Waals surface area contributed by atoms with Crippen LogP contribution >= 0.6 is 0 Å². The number of esters is 1. The van der Waals surface area contributed by atoms with E-state index in [9.17, 15) is 14.7 Å². The molecular weight excluding hydrogens is 374 g/mol. The van der Waals surface area contributed by atoms with Crippen molar-refractivity contribution in [2.75, 3.05) is 6.61 Å². The van der Waals surface area contributed by atoms with Crippen LogP contribution < -0.4 is 15.2 Å². The molecule has 0 fully saturated rings. The van der Waals surface area contributed by atoms with Gasteiger partial charge in [-0.2, -0.15) is 0 Å². The van der Waals surface area contributed by atoms with Crippen molar-refractivity contribution in [2.45, 2.75) is 20.3 Å². The van der Waals surface area contributed by atoms with E-state index < -0.39 is 5.69 Å². The molecule has 0 saturated carbocycles. The number of fused-ring (bicyclic) bond motifs is 3. The lowest BCUT2D eigenvalue weighted by atomic mass is 10.2. The van der Waals surface area contributed by atoms with Crippen LogP contribution in [-0.2, 0) is 4.79 Å². The van der Waals surface area contributed by atoms with Gasteiger partial charge in [-0.05, 0) is 43.3 Å². The van der Waals surface area contributed by atoms with Crippen LogP contribution in [0.25, 0.3) is 22.2 Å². The van der Waals surface area contributed by atoms with Crippen molar-refractivity contribution in [1.82, 2.24) is 14.0 Å². The minimum absolute atomic E-state index is 0.213. The zero-order valence-electron chi connectivity index (χ0n) is 16.0. The number of carbonyl (C=O) groups excluding carboxylic acids is 1. The Labute approximate surface area is 165 Å². The van der Waals surface area contributed by atoms with Gasteiger partial charge < -0.3 is 14.6 Å². The number of hydrogen-bond donors (Lipinski definition) is 1. The van der Waals surface area contributed by atoms with Crippen molar-refractivity contribution >= 4 is 22.5 Å². The van der Waals surface area contributed by atoms with Gasteiger partial charge in [-0.15, -0.1) is 0 Å². The molecule has 0 saturated heterocycles. The minimum atomic E-state index is -0.438. The maximum Gasteiger partial charge on any atom is 0.340 e. The second-order valence-electron chi connectivity index (χ2n) is 6.33. The standard InChI is InChI=1S/C21H19N3O5/c1-3-19(25)29-15-9-10-17-16(11-15)22-12-18-20(26)23(21(27)24(17)18)13-5-7-14(8-6-13)28-4-2/h5-12,26H,3-4H2,1-2H3. The van der Waals surface area contributed by atoms with E-state index in [0.29, 0.717) is 34.8 Å². The number of ether oxygens (including phenoxy) is 2. The Morgan fingerprint density at radius 3 is 2.48 bits per heavy atom. The Kier molecular flexibility index (Phi) is 4.67. The van der Waals surface area contributed by atoms with Crippen molar-refractivity contribution < 1.29 is 19.4 Å². The van der Waals surface area contributed by atoms with Gasteiger partial charge in [-0.3, -0.25) is 14.2 Å². The van der Waals surface area contributed by atoms with Gasteiger partial charge in [-0.1, -0.05) is 6.92 Å². The molecule has 4 aromatic rings. The van der Waals surface area contributed by atoms with Crippen LogP contribution in [0.15, 0.2) is 53.5 Å². The van der Waals surface area contributed by atoms with Gasteiger partial charge in [0.25, 0.3) is 0 Å². The summed E-state index contributed by atoms with van der Waals surface area (Å²) >= 11 is 0. The molecule has 8 nitrogen and oxygen atoms in total. The number of aromatic hydroxyl groups is 1. The molecule has 0 atom stereocenters. The Bertz CT molecular complexity index is 1270. The molecule has 1 N–H and O–H groups in total. The van der Waals surface area contributed by atoms with Crippen LogP contribution in [0, 0.1) is 0 Å². The maximum absolute atomic E-state index is 13.1. The summed E-state index contributed by atoms with van der Waals surface area (Å²) in [5, 5.41) is 10.7. The highest BCUT2D eigenvalue weighted by molar-refractivity contribution is 5.82. The van der Waals surface area contributed by atoms with Gasteiger partial charge in [0.1, 0.15) is 17.0 Å². The third-order valence-corrected chi connectivity index (χ3v) is 4.50. The van der Waals surface area contributed by atoms with E-state index in [1.165, 1.54) is 15.2 Å². The zero-order chi connectivity index (χ0) is 20.5. The lowest BCUT2D eigenvalue weighted by Crippen LogP contribution is -2.19. The predicted molar refractivity (Wildman–Crippen MR) is 107 cm³/mol. The summed E-state index contributed by atoms with van der Waals surface area (Å²) in [6.45, 7) is 4.13. The first-order valence-electron chi connectivity index (χ1n) is 9.22. The average molecular weight is 393 g/mol. The molecule has 0 aliphatic rings. The molecule has 0 bridgehead atoms. The lowest BCUT2D eigenvalue weighted by molar-refractivity contribution is -0.134. The van der Waals surface area contributed by atoms with Crippen LogP contribution in [0.2, 0.25) is 0 Å². The predicted octanol–water partition coefficient (Wildman–Crippen LogP) is 3.06. The van der Waals surface area contributed by atoms with Crippen LogP contribution in [0.4, 0.5) is 0 Å². The molecule has 2 aromatic heterocycles. The number of hydrogen-bond acceptors (Lipinski definition) is 6. The summed E-state index contributed by atoms with van der Waals surface area (Å²) in [6, 6.07) is 11.7. The Hall–Kier alpha value is -3.81. The number of carbonyl (C=O) groups is 1. The normalized spacial score (nSPS) is 11.1. The first-order chi connectivity index (χ1) is 14.0. The Morgan fingerprint density at radius 2 is 1.79 bits per heavy atom. The maximum atomic E-state index is 13.1. The fourth-order valence-corrected chi connectivity index (χ4v) is 3.14. The minimum Gasteiger partial charge on any atom is -0.494 e. The van der Waals surface area contributed by atoms with Gasteiger partial charge >= 0.3 is 11.7 Å². The smallest absolute Gasteiger partial charge is 0.340 e. The van der Waals surface area contributed by atoms with Crippen LogP contribution in [0.5, 0.6) is 17.4 Å². The molecule has 148 valence electrons. The van der Waals surface area contributed by atoms with E-state index in [-0.39, 0.29) is 23.8 Å². The molecule has 8 heteroatoms. The largest absolute Gasteiger partial charge is 0.494 e. The van der Waals surface area contributed by atoms with Crippen LogP contribution in [0.3, 0.4) is 0 Å². The quantitative estimate of drug-likeness (QED) is 0.414. The first kappa shape index (κ1) is 18.5. The van der Waals surface area contributed by atoms with E-state index in [1.54, 1.807) is 49.4 Å². The molecule has 2 heterocycles. The molecule has 0 amide bonds. The highest BCUT2D eigenvalue weighted by Crippen LogP contribution is 2.26.